The molecule has 0 spiro atoms. The summed E-state index contributed by atoms with van der Waals surface area (Å²) in [5, 5.41) is 11.5. The molecule has 0 saturated carbocycles. The first-order chi connectivity index (χ1) is 13.5. The van der Waals surface area contributed by atoms with E-state index < -0.39 is 0 Å². The van der Waals surface area contributed by atoms with E-state index in [4.69, 9.17) is 5.26 Å². The van der Waals surface area contributed by atoms with Gasteiger partial charge in [0.1, 0.15) is 5.69 Å². The Balaban J connectivity index is 1.67. The molecular weight excluding hydrogens is 358 g/mol. The van der Waals surface area contributed by atoms with E-state index in [0.717, 1.165) is 0 Å². The van der Waals surface area contributed by atoms with Gasteiger partial charge in [-0.15, -0.1) is 0 Å². The first-order valence-corrected chi connectivity index (χ1v) is 8.80. The minimum absolute atomic E-state index is 0.00769. The van der Waals surface area contributed by atoms with Crippen molar-refractivity contribution in [2.24, 2.45) is 0 Å². The summed E-state index contributed by atoms with van der Waals surface area (Å²) in [6.45, 7) is 3.35. The summed E-state index contributed by atoms with van der Waals surface area (Å²) in [4.78, 5) is 44.0. The molecule has 142 valence electrons. The molecule has 28 heavy (non-hydrogen) atoms. The highest BCUT2D eigenvalue weighted by atomic mass is 16.2. The number of nitrogens with one attached hydrogen (secondary N) is 1. The number of aromatic nitrogens is 1. The number of hydrogen-bond donors (Lipinski definition) is 1. The summed E-state index contributed by atoms with van der Waals surface area (Å²) in [6, 6.07) is 11.5. The zero-order valence-corrected chi connectivity index (χ0v) is 15.4. The van der Waals surface area contributed by atoms with Crippen LogP contribution in [0.4, 0.5) is 5.69 Å². The third-order valence-electron chi connectivity index (χ3n) is 4.53. The number of carbonyl (C=O) groups is 3. The van der Waals surface area contributed by atoms with Crippen LogP contribution in [0.25, 0.3) is 0 Å². The van der Waals surface area contributed by atoms with Crippen LogP contribution >= 0.6 is 0 Å². The van der Waals surface area contributed by atoms with Crippen LogP contribution in [0.5, 0.6) is 0 Å². The maximum absolute atomic E-state index is 12.7. The summed E-state index contributed by atoms with van der Waals surface area (Å²) in [5.41, 5.74) is 1.54. The van der Waals surface area contributed by atoms with Crippen molar-refractivity contribution in [1.29, 1.82) is 5.26 Å². The summed E-state index contributed by atoms with van der Waals surface area (Å²) >= 11 is 0. The number of nitrogens with zero attached hydrogens (tertiary/aromatic N) is 4. The van der Waals surface area contributed by atoms with Crippen molar-refractivity contribution in [2.45, 2.75) is 6.92 Å². The van der Waals surface area contributed by atoms with E-state index in [9.17, 15) is 14.4 Å². The molecule has 1 saturated heterocycles. The van der Waals surface area contributed by atoms with Gasteiger partial charge in [0.15, 0.2) is 0 Å². The number of nitriles is 1. The molecule has 8 nitrogen and oxygen atoms in total. The predicted molar refractivity (Wildman–Crippen MR) is 102 cm³/mol. The number of amides is 3. The summed E-state index contributed by atoms with van der Waals surface area (Å²) in [5.74, 6) is -0.648. The fourth-order valence-electron chi connectivity index (χ4n) is 2.91. The quantitative estimate of drug-likeness (QED) is 0.873. The van der Waals surface area contributed by atoms with Crippen molar-refractivity contribution >= 4 is 23.4 Å². The van der Waals surface area contributed by atoms with Crippen molar-refractivity contribution in [3.05, 3.63) is 59.4 Å². The molecular formula is C20H19N5O3. The Morgan fingerprint density at radius 2 is 1.68 bits per heavy atom. The number of anilines is 1. The topological polar surface area (TPSA) is 106 Å². The number of piperazine rings is 1. The van der Waals surface area contributed by atoms with Gasteiger partial charge in [0.25, 0.3) is 11.8 Å². The molecule has 0 aliphatic carbocycles. The number of carbonyl (C=O) groups excluding carboxylic acids is 3. The molecule has 1 N–H and O–H groups in total. The van der Waals surface area contributed by atoms with Gasteiger partial charge in [0.2, 0.25) is 5.91 Å². The van der Waals surface area contributed by atoms with Crippen LogP contribution in [0.2, 0.25) is 0 Å². The number of hydrogen-bond acceptors (Lipinski definition) is 5. The Morgan fingerprint density at radius 1 is 1.04 bits per heavy atom. The molecule has 1 aromatic heterocycles. The van der Waals surface area contributed by atoms with Crippen LogP contribution in [0.15, 0.2) is 42.6 Å². The average Bonchev–Trinajstić information content (AvgIpc) is 2.74. The van der Waals surface area contributed by atoms with Crippen LogP contribution in [0.3, 0.4) is 0 Å². The minimum Gasteiger partial charge on any atom is -0.339 e. The van der Waals surface area contributed by atoms with Crippen molar-refractivity contribution in [3.63, 3.8) is 0 Å². The van der Waals surface area contributed by atoms with Crippen LogP contribution in [-0.4, -0.2) is 58.7 Å². The van der Waals surface area contributed by atoms with Crippen molar-refractivity contribution in [3.8, 4) is 6.07 Å². The first-order valence-electron chi connectivity index (χ1n) is 8.80. The van der Waals surface area contributed by atoms with Gasteiger partial charge in [-0.2, -0.15) is 5.26 Å². The molecule has 3 rings (SSSR count). The van der Waals surface area contributed by atoms with Crippen LogP contribution in [0, 0.1) is 11.3 Å². The van der Waals surface area contributed by atoms with Gasteiger partial charge in [-0.1, -0.05) is 0 Å². The zero-order valence-electron chi connectivity index (χ0n) is 15.4. The number of rotatable bonds is 3. The van der Waals surface area contributed by atoms with Crippen LogP contribution in [-0.2, 0) is 4.79 Å². The van der Waals surface area contributed by atoms with Crippen molar-refractivity contribution < 1.29 is 14.4 Å². The third-order valence-corrected chi connectivity index (χ3v) is 4.53. The van der Waals surface area contributed by atoms with Gasteiger partial charge < -0.3 is 15.1 Å². The predicted octanol–water partition coefficient (Wildman–Crippen LogP) is 1.51. The SMILES string of the molecule is CC(=O)N1CCN(C(=O)c2cc(C(=O)Nc3ccc(C#N)cc3)ccn2)CC1. The summed E-state index contributed by atoms with van der Waals surface area (Å²) in [7, 11) is 0. The van der Waals surface area contributed by atoms with E-state index in [2.05, 4.69) is 10.3 Å². The molecule has 1 aliphatic heterocycles. The monoisotopic (exact) mass is 377 g/mol. The molecule has 3 amide bonds. The maximum Gasteiger partial charge on any atom is 0.272 e. The zero-order chi connectivity index (χ0) is 20.1. The second-order valence-corrected chi connectivity index (χ2v) is 6.37. The molecule has 1 aliphatic rings. The molecule has 0 radical (unpaired) electrons. The lowest BCUT2D eigenvalue weighted by Crippen LogP contribution is -2.50. The average molecular weight is 377 g/mol. The summed E-state index contributed by atoms with van der Waals surface area (Å²) < 4.78 is 0. The lowest BCUT2D eigenvalue weighted by Gasteiger charge is -2.34. The van der Waals surface area contributed by atoms with E-state index in [1.165, 1.54) is 25.3 Å². The van der Waals surface area contributed by atoms with E-state index in [0.29, 0.717) is 43.0 Å². The molecule has 8 heteroatoms. The molecule has 1 fully saturated rings. The first kappa shape index (κ1) is 19.0. The lowest BCUT2D eigenvalue weighted by atomic mass is 10.1. The Morgan fingerprint density at radius 3 is 2.29 bits per heavy atom. The van der Waals surface area contributed by atoms with E-state index >= 15 is 0 Å². The van der Waals surface area contributed by atoms with Crippen LogP contribution < -0.4 is 5.32 Å². The van der Waals surface area contributed by atoms with Gasteiger partial charge in [-0.25, -0.2) is 0 Å². The Hall–Kier alpha value is -3.73. The second-order valence-electron chi connectivity index (χ2n) is 6.37. The maximum atomic E-state index is 12.7. The van der Waals surface area contributed by atoms with Crippen LogP contribution in [0.1, 0.15) is 33.3 Å². The van der Waals surface area contributed by atoms with E-state index in [-0.39, 0.29) is 23.4 Å². The lowest BCUT2D eigenvalue weighted by molar-refractivity contribution is -0.130. The highest BCUT2D eigenvalue weighted by Gasteiger charge is 2.24. The molecule has 0 unspecified atom stereocenters. The largest absolute Gasteiger partial charge is 0.339 e. The normalized spacial score (nSPS) is 13.6. The van der Waals surface area contributed by atoms with E-state index in [1.54, 1.807) is 34.1 Å². The Kier molecular flexibility index (Phi) is 5.65. The van der Waals surface area contributed by atoms with Gasteiger partial charge >= 0.3 is 0 Å². The van der Waals surface area contributed by atoms with Crippen molar-refractivity contribution in [2.75, 3.05) is 31.5 Å². The van der Waals surface area contributed by atoms with Gasteiger partial charge in [0, 0.05) is 50.6 Å². The van der Waals surface area contributed by atoms with Gasteiger partial charge in [-0.3, -0.25) is 19.4 Å². The van der Waals surface area contributed by atoms with Crippen molar-refractivity contribution in [1.82, 2.24) is 14.8 Å². The molecule has 0 atom stereocenters. The third kappa shape index (κ3) is 4.32. The van der Waals surface area contributed by atoms with Gasteiger partial charge in [-0.05, 0) is 36.4 Å². The fourth-order valence-corrected chi connectivity index (χ4v) is 2.91. The molecule has 2 heterocycles. The molecule has 2 aromatic rings. The highest BCUT2D eigenvalue weighted by molar-refractivity contribution is 6.05. The minimum atomic E-state index is -0.373. The molecule has 0 bridgehead atoms. The number of pyridine rings is 1. The molecule has 1 aromatic carbocycles. The number of benzene rings is 1. The highest BCUT2D eigenvalue weighted by Crippen LogP contribution is 2.13. The standard InChI is InChI=1S/C20H19N5O3/c1-14(26)24-8-10-25(11-9-24)20(28)18-12-16(6-7-22-18)19(27)23-17-4-2-15(13-21)3-5-17/h2-7,12H,8-11H2,1H3,(H,23,27). The Labute approximate surface area is 162 Å². The fraction of sp³-hybridized carbons (Fsp3) is 0.250. The second kappa shape index (κ2) is 8.31. The Bertz CT molecular complexity index is 941. The van der Waals surface area contributed by atoms with Gasteiger partial charge in [0.05, 0.1) is 11.6 Å². The van der Waals surface area contributed by atoms with E-state index in [1.807, 2.05) is 6.07 Å². The summed E-state index contributed by atoms with van der Waals surface area (Å²) in [6.07, 6.45) is 1.42. The smallest absolute Gasteiger partial charge is 0.272 e.